The van der Waals surface area contributed by atoms with Crippen LogP contribution in [0.15, 0.2) is 12.1 Å². The fourth-order valence-corrected chi connectivity index (χ4v) is 3.64. The standard InChI is InChI=1S/C19H25F3N4O3.ClH/c20-14-10-16(22)15(21)8-12(14)7-13(23)9-18(27)26-2-1-24-19(28)17(26)11-25-3-5-29-6-4-25;/h8,10,13,17H,1-7,9,11,23H2,(H,24,28);1H/t13-,17-;/m1./s1. The highest BCUT2D eigenvalue weighted by atomic mass is 35.5. The third-order valence-electron chi connectivity index (χ3n) is 5.19. The zero-order valence-electron chi connectivity index (χ0n) is 16.4. The highest BCUT2D eigenvalue weighted by molar-refractivity contribution is 5.89. The van der Waals surface area contributed by atoms with E-state index in [1.54, 1.807) is 0 Å². The molecule has 0 saturated carbocycles. The van der Waals surface area contributed by atoms with Crippen LogP contribution in [-0.2, 0) is 20.7 Å². The summed E-state index contributed by atoms with van der Waals surface area (Å²) >= 11 is 0. The van der Waals surface area contributed by atoms with E-state index in [2.05, 4.69) is 10.2 Å². The van der Waals surface area contributed by atoms with Gasteiger partial charge in [-0.05, 0) is 18.1 Å². The van der Waals surface area contributed by atoms with Gasteiger partial charge in [-0.2, -0.15) is 0 Å². The number of carbonyl (C=O) groups is 2. The van der Waals surface area contributed by atoms with Crippen LogP contribution in [0.5, 0.6) is 0 Å². The summed E-state index contributed by atoms with van der Waals surface area (Å²) in [4.78, 5) is 28.7. The number of hydrogen-bond acceptors (Lipinski definition) is 5. The van der Waals surface area contributed by atoms with Gasteiger partial charge >= 0.3 is 0 Å². The molecular weight excluding hydrogens is 425 g/mol. The second-order valence-electron chi connectivity index (χ2n) is 7.33. The van der Waals surface area contributed by atoms with Gasteiger partial charge in [0.1, 0.15) is 11.9 Å². The van der Waals surface area contributed by atoms with Crippen LogP contribution in [0, 0.1) is 17.5 Å². The maximum atomic E-state index is 13.8. The Labute approximate surface area is 179 Å². The summed E-state index contributed by atoms with van der Waals surface area (Å²) in [7, 11) is 0. The first-order chi connectivity index (χ1) is 13.8. The van der Waals surface area contributed by atoms with E-state index < -0.39 is 29.5 Å². The molecule has 2 heterocycles. The number of nitrogens with zero attached hydrogens (tertiary/aromatic N) is 2. The predicted octanol–water partition coefficient (Wildman–Crippen LogP) is 0.445. The van der Waals surface area contributed by atoms with Crippen LogP contribution in [0.3, 0.4) is 0 Å². The first kappa shape index (κ1) is 24.4. The summed E-state index contributed by atoms with van der Waals surface area (Å²) < 4.78 is 45.6. The minimum Gasteiger partial charge on any atom is -0.379 e. The largest absolute Gasteiger partial charge is 0.379 e. The van der Waals surface area contributed by atoms with Crippen molar-refractivity contribution in [3.63, 3.8) is 0 Å². The highest BCUT2D eigenvalue weighted by Gasteiger charge is 2.35. The van der Waals surface area contributed by atoms with E-state index in [9.17, 15) is 22.8 Å². The Balaban J connectivity index is 0.00000320. The molecule has 2 amide bonds. The number of ether oxygens (including phenoxy) is 1. The highest BCUT2D eigenvalue weighted by Crippen LogP contribution is 2.17. The van der Waals surface area contributed by atoms with Crippen LogP contribution in [0.1, 0.15) is 12.0 Å². The van der Waals surface area contributed by atoms with Crippen molar-refractivity contribution in [3.8, 4) is 0 Å². The summed E-state index contributed by atoms with van der Waals surface area (Å²) in [6, 6.07) is -0.214. The van der Waals surface area contributed by atoms with Crippen molar-refractivity contribution in [2.24, 2.45) is 5.73 Å². The van der Waals surface area contributed by atoms with Gasteiger partial charge in [-0.15, -0.1) is 12.4 Å². The molecular formula is C19H26ClF3N4O3. The molecule has 0 bridgehead atoms. The molecule has 0 aliphatic carbocycles. The van der Waals surface area contributed by atoms with E-state index >= 15 is 0 Å². The van der Waals surface area contributed by atoms with Crippen molar-refractivity contribution in [1.29, 1.82) is 0 Å². The van der Waals surface area contributed by atoms with Gasteiger partial charge in [-0.3, -0.25) is 14.5 Å². The molecule has 7 nitrogen and oxygen atoms in total. The zero-order valence-corrected chi connectivity index (χ0v) is 17.2. The number of rotatable bonds is 6. The van der Waals surface area contributed by atoms with E-state index in [0.29, 0.717) is 52.0 Å². The Hall–Kier alpha value is -1.88. The molecule has 168 valence electrons. The van der Waals surface area contributed by atoms with Gasteiger partial charge in [0.15, 0.2) is 11.6 Å². The molecule has 3 rings (SSSR count). The van der Waals surface area contributed by atoms with E-state index in [-0.39, 0.29) is 42.6 Å². The monoisotopic (exact) mass is 450 g/mol. The summed E-state index contributed by atoms with van der Waals surface area (Å²) in [6.45, 7) is 3.61. The minimum atomic E-state index is -1.28. The Morgan fingerprint density at radius 1 is 1.17 bits per heavy atom. The number of nitrogens with two attached hydrogens (primary N) is 1. The summed E-state index contributed by atoms with van der Waals surface area (Å²) in [6.07, 6.45) is -0.256. The lowest BCUT2D eigenvalue weighted by Crippen LogP contribution is -2.61. The second kappa shape index (κ2) is 10.9. The zero-order chi connectivity index (χ0) is 21.0. The summed E-state index contributed by atoms with van der Waals surface area (Å²) in [5.74, 6) is -3.90. The van der Waals surface area contributed by atoms with Crippen LogP contribution in [0.2, 0.25) is 0 Å². The van der Waals surface area contributed by atoms with Crippen LogP contribution in [0.25, 0.3) is 0 Å². The van der Waals surface area contributed by atoms with Gasteiger partial charge in [0.05, 0.1) is 13.2 Å². The molecule has 3 N–H and O–H groups in total. The van der Waals surface area contributed by atoms with E-state index in [1.165, 1.54) is 4.90 Å². The van der Waals surface area contributed by atoms with Gasteiger partial charge in [0.2, 0.25) is 11.8 Å². The quantitative estimate of drug-likeness (QED) is 0.614. The Morgan fingerprint density at radius 3 is 2.53 bits per heavy atom. The molecule has 1 aromatic carbocycles. The molecule has 11 heteroatoms. The van der Waals surface area contributed by atoms with Crippen molar-refractivity contribution in [2.45, 2.75) is 24.9 Å². The van der Waals surface area contributed by atoms with Gasteiger partial charge in [0.25, 0.3) is 0 Å². The summed E-state index contributed by atoms with van der Waals surface area (Å²) in [5.41, 5.74) is 5.88. The van der Waals surface area contributed by atoms with Crippen molar-refractivity contribution in [3.05, 3.63) is 35.1 Å². The van der Waals surface area contributed by atoms with E-state index in [4.69, 9.17) is 10.5 Å². The van der Waals surface area contributed by atoms with E-state index in [0.717, 1.165) is 6.07 Å². The molecule has 0 radical (unpaired) electrons. The van der Waals surface area contributed by atoms with Crippen LogP contribution in [-0.4, -0.2) is 79.6 Å². The fourth-order valence-electron chi connectivity index (χ4n) is 3.64. The molecule has 0 spiro atoms. The number of halogens is 4. The Kier molecular flexibility index (Phi) is 8.90. The van der Waals surface area contributed by atoms with Gasteiger partial charge < -0.3 is 20.7 Å². The van der Waals surface area contributed by atoms with Gasteiger partial charge in [0, 0.05) is 51.3 Å². The number of amides is 2. The molecule has 2 atom stereocenters. The molecule has 2 fully saturated rings. The molecule has 0 unspecified atom stereocenters. The molecule has 30 heavy (non-hydrogen) atoms. The normalized spacial score (nSPS) is 21.0. The fraction of sp³-hybridized carbons (Fsp3) is 0.579. The third kappa shape index (κ3) is 6.07. The van der Waals surface area contributed by atoms with E-state index in [1.807, 2.05) is 0 Å². The average Bonchev–Trinajstić information content (AvgIpc) is 2.68. The smallest absolute Gasteiger partial charge is 0.244 e. The first-order valence-corrected chi connectivity index (χ1v) is 9.61. The Bertz CT molecular complexity index is 765. The number of morpholine rings is 1. The predicted molar refractivity (Wildman–Crippen MR) is 106 cm³/mol. The lowest BCUT2D eigenvalue weighted by atomic mass is 10.0. The SMILES string of the molecule is Cl.N[C@@H](CC(=O)N1CCNC(=O)[C@H]1CN1CCOCC1)Cc1cc(F)c(F)cc1F. The van der Waals surface area contributed by atoms with Crippen molar-refractivity contribution >= 4 is 24.2 Å². The number of benzene rings is 1. The number of hydrogen-bond donors (Lipinski definition) is 2. The minimum absolute atomic E-state index is 0. The first-order valence-electron chi connectivity index (χ1n) is 9.61. The van der Waals surface area contributed by atoms with Crippen molar-refractivity contribution in [2.75, 3.05) is 45.9 Å². The lowest BCUT2D eigenvalue weighted by molar-refractivity contribution is -0.144. The maximum Gasteiger partial charge on any atom is 0.244 e. The lowest BCUT2D eigenvalue weighted by Gasteiger charge is -2.39. The van der Waals surface area contributed by atoms with Gasteiger partial charge in [-0.25, -0.2) is 13.2 Å². The topological polar surface area (TPSA) is 87.9 Å². The summed E-state index contributed by atoms with van der Waals surface area (Å²) in [5, 5.41) is 2.77. The molecule has 2 saturated heterocycles. The van der Waals surface area contributed by atoms with Crippen LogP contribution in [0.4, 0.5) is 13.2 Å². The van der Waals surface area contributed by atoms with Crippen molar-refractivity contribution in [1.82, 2.24) is 15.1 Å². The van der Waals surface area contributed by atoms with Crippen LogP contribution >= 0.6 is 12.4 Å². The molecule has 1 aromatic rings. The van der Waals surface area contributed by atoms with Crippen LogP contribution < -0.4 is 11.1 Å². The second-order valence-corrected chi connectivity index (χ2v) is 7.33. The maximum absolute atomic E-state index is 13.8. The van der Waals surface area contributed by atoms with Crippen molar-refractivity contribution < 1.29 is 27.5 Å². The number of nitrogens with one attached hydrogen (secondary N) is 1. The van der Waals surface area contributed by atoms with Gasteiger partial charge in [-0.1, -0.05) is 0 Å². The third-order valence-corrected chi connectivity index (χ3v) is 5.19. The molecule has 2 aliphatic rings. The molecule has 0 aromatic heterocycles. The number of carbonyl (C=O) groups excluding carboxylic acids is 2. The average molecular weight is 451 g/mol. The molecule has 2 aliphatic heterocycles. The number of piperazine rings is 1. The Morgan fingerprint density at radius 2 is 1.83 bits per heavy atom.